The molecule has 1 atom stereocenters. The van der Waals surface area contributed by atoms with E-state index in [0.29, 0.717) is 11.8 Å². The number of methoxy groups -OCH3 is 1. The third-order valence-electron chi connectivity index (χ3n) is 3.12. The highest BCUT2D eigenvalue weighted by molar-refractivity contribution is 5.39. The Morgan fingerprint density at radius 1 is 1.50 bits per heavy atom. The van der Waals surface area contributed by atoms with Crippen LogP contribution < -0.4 is 5.32 Å². The van der Waals surface area contributed by atoms with Gasteiger partial charge in [-0.05, 0) is 37.4 Å². The second kappa shape index (κ2) is 5.32. The van der Waals surface area contributed by atoms with Gasteiger partial charge < -0.3 is 15.2 Å². The number of rotatable bonds is 4. The van der Waals surface area contributed by atoms with Crippen LogP contribution in [0.2, 0.25) is 0 Å². The summed E-state index contributed by atoms with van der Waals surface area (Å²) in [6.07, 6.45) is 3.20. The van der Waals surface area contributed by atoms with Crippen molar-refractivity contribution in [3.05, 3.63) is 29.3 Å². The second-order valence-electron chi connectivity index (χ2n) is 4.28. The fourth-order valence-electron chi connectivity index (χ4n) is 2.21. The zero-order chi connectivity index (χ0) is 11.4. The molecule has 1 saturated heterocycles. The third-order valence-corrected chi connectivity index (χ3v) is 3.12. The molecule has 0 amide bonds. The summed E-state index contributed by atoms with van der Waals surface area (Å²) in [7, 11) is 1.71. The largest absolute Gasteiger partial charge is 0.508 e. The Kier molecular flexibility index (Phi) is 3.80. The van der Waals surface area contributed by atoms with Crippen LogP contribution in [0.4, 0.5) is 0 Å². The number of benzene rings is 1. The summed E-state index contributed by atoms with van der Waals surface area (Å²) in [5, 5.41) is 13.3. The number of phenolic OH excluding ortho intramolecular Hbond substituents is 1. The van der Waals surface area contributed by atoms with Gasteiger partial charge in [-0.3, -0.25) is 0 Å². The maximum absolute atomic E-state index is 9.85. The Hall–Kier alpha value is -1.06. The van der Waals surface area contributed by atoms with Crippen LogP contribution in [0.15, 0.2) is 18.2 Å². The zero-order valence-corrected chi connectivity index (χ0v) is 9.70. The maximum atomic E-state index is 9.85. The fraction of sp³-hybridized carbons (Fsp3) is 0.538. The van der Waals surface area contributed by atoms with Gasteiger partial charge in [-0.15, -0.1) is 0 Å². The Labute approximate surface area is 96.4 Å². The van der Waals surface area contributed by atoms with E-state index in [2.05, 4.69) is 11.4 Å². The molecular weight excluding hydrogens is 202 g/mol. The van der Waals surface area contributed by atoms with Crippen LogP contribution >= 0.6 is 0 Å². The number of nitrogens with one attached hydrogen (secondary N) is 1. The average Bonchev–Trinajstić information content (AvgIpc) is 2.81. The summed E-state index contributed by atoms with van der Waals surface area (Å²) in [6.45, 7) is 1.77. The number of phenols is 1. The lowest BCUT2D eigenvalue weighted by atomic mass is 10.0. The van der Waals surface area contributed by atoms with E-state index in [0.717, 1.165) is 31.6 Å². The van der Waals surface area contributed by atoms with Gasteiger partial charge in [-0.25, -0.2) is 0 Å². The minimum atomic E-state index is 0.322. The molecule has 0 aliphatic carbocycles. The van der Waals surface area contributed by atoms with E-state index in [1.54, 1.807) is 13.2 Å². The fourth-order valence-corrected chi connectivity index (χ4v) is 2.21. The van der Waals surface area contributed by atoms with Gasteiger partial charge in [-0.2, -0.15) is 0 Å². The van der Waals surface area contributed by atoms with Crippen LogP contribution in [0.5, 0.6) is 5.75 Å². The molecule has 1 aliphatic rings. The lowest BCUT2D eigenvalue weighted by molar-refractivity contribution is 0.202. The smallest absolute Gasteiger partial charge is 0.120 e. The van der Waals surface area contributed by atoms with Gasteiger partial charge in [0.05, 0.1) is 6.61 Å². The van der Waals surface area contributed by atoms with Crippen molar-refractivity contribution in [2.75, 3.05) is 20.3 Å². The van der Waals surface area contributed by atoms with E-state index in [4.69, 9.17) is 4.74 Å². The first-order valence-electron chi connectivity index (χ1n) is 5.85. The van der Waals surface area contributed by atoms with Gasteiger partial charge in [0.25, 0.3) is 0 Å². The van der Waals surface area contributed by atoms with E-state index < -0.39 is 0 Å². The summed E-state index contributed by atoms with van der Waals surface area (Å²) in [5.41, 5.74) is 2.26. The van der Waals surface area contributed by atoms with E-state index in [9.17, 15) is 5.11 Å². The van der Waals surface area contributed by atoms with Crippen molar-refractivity contribution in [1.82, 2.24) is 5.32 Å². The van der Waals surface area contributed by atoms with Crippen LogP contribution in [0, 0.1) is 0 Å². The first-order chi connectivity index (χ1) is 7.81. The molecule has 88 valence electrons. The molecule has 2 rings (SSSR count). The summed E-state index contributed by atoms with van der Waals surface area (Å²) >= 11 is 0. The van der Waals surface area contributed by atoms with Gasteiger partial charge >= 0.3 is 0 Å². The molecule has 1 fully saturated rings. The Morgan fingerprint density at radius 3 is 3.06 bits per heavy atom. The van der Waals surface area contributed by atoms with E-state index >= 15 is 0 Å². The van der Waals surface area contributed by atoms with Crippen molar-refractivity contribution in [2.45, 2.75) is 25.3 Å². The molecule has 0 unspecified atom stereocenters. The quantitative estimate of drug-likeness (QED) is 0.817. The molecule has 1 aromatic rings. The normalized spacial score (nSPS) is 20.2. The predicted molar refractivity (Wildman–Crippen MR) is 63.7 cm³/mol. The van der Waals surface area contributed by atoms with Gasteiger partial charge in [0.2, 0.25) is 0 Å². The molecule has 0 bridgehead atoms. The second-order valence-corrected chi connectivity index (χ2v) is 4.28. The summed E-state index contributed by atoms with van der Waals surface area (Å²) < 4.78 is 5.06. The monoisotopic (exact) mass is 221 g/mol. The highest BCUT2D eigenvalue weighted by atomic mass is 16.5. The number of ether oxygens (including phenoxy) is 1. The van der Waals surface area contributed by atoms with E-state index in [1.807, 2.05) is 6.07 Å². The first kappa shape index (κ1) is 11.4. The zero-order valence-electron chi connectivity index (χ0n) is 9.70. The van der Waals surface area contributed by atoms with Gasteiger partial charge in [-0.1, -0.05) is 12.1 Å². The van der Waals surface area contributed by atoms with Crippen molar-refractivity contribution in [2.24, 2.45) is 0 Å². The third kappa shape index (κ3) is 2.54. The highest BCUT2D eigenvalue weighted by Gasteiger charge is 2.19. The minimum Gasteiger partial charge on any atom is -0.508 e. The molecule has 1 heterocycles. The number of aromatic hydroxyl groups is 1. The molecule has 0 radical (unpaired) electrons. The van der Waals surface area contributed by atoms with Gasteiger partial charge in [0.1, 0.15) is 5.75 Å². The predicted octanol–water partition coefficient (Wildman–Crippen LogP) is 2.01. The number of hydrogen-bond donors (Lipinski definition) is 2. The standard InChI is InChI=1S/C13H19NO2/c1-16-8-6-10-4-5-13(15)11(9-10)12-3-2-7-14-12/h4-5,9,12,14-15H,2-3,6-8H2,1H3/t12-/m1/s1. The van der Waals surface area contributed by atoms with Crippen LogP contribution in [-0.2, 0) is 11.2 Å². The average molecular weight is 221 g/mol. The van der Waals surface area contributed by atoms with Crippen LogP contribution in [0.25, 0.3) is 0 Å². The molecule has 3 nitrogen and oxygen atoms in total. The molecule has 1 aliphatic heterocycles. The molecule has 1 aromatic carbocycles. The molecule has 16 heavy (non-hydrogen) atoms. The van der Waals surface area contributed by atoms with Crippen LogP contribution in [-0.4, -0.2) is 25.4 Å². The Morgan fingerprint density at radius 2 is 2.38 bits per heavy atom. The van der Waals surface area contributed by atoms with Crippen molar-refractivity contribution in [3.63, 3.8) is 0 Å². The lowest BCUT2D eigenvalue weighted by Crippen LogP contribution is -2.13. The summed E-state index contributed by atoms with van der Waals surface area (Å²) in [4.78, 5) is 0. The lowest BCUT2D eigenvalue weighted by Gasteiger charge is -2.14. The highest BCUT2D eigenvalue weighted by Crippen LogP contribution is 2.30. The molecule has 0 saturated carbocycles. The summed E-state index contributed by atoms with van der Waals surface area (Å²) in [6, 6.07) is 6.17. The SMILES string of the molecule is COCCc1ccc(O)c([C@H]2CCCN2)c1. The van der Waals surface area contributed by atoms with Gasteiger partial charge in [0, 0.05) is 18.7 Å². The summed E-state index contributed by atoms with van der Waals surface area (Å²) in [5.74, 6) is 0.403. The first-order valence-corrected chi connectivity index (χ1v) is 5.85. The Bertz CT molecular complexity index is 346. The number of hydrogen-bond acceptors (Lipinski definition) is 3. The van der Waals surface area contributed by atoms with E-state index in [1.165, 1.54) is 12.0 Å². The van der Waals surface area contributed by atoms with Gasteiger partial charge in [0.15, 0.2) is 0 Å². The Balaban J connectivity index is 2.15. The van der Waals surface area contributed by atoms with Crippen LogP contribution in [0.1, 0.15) is 30.0 Å². The molecule has 0 spiro atoms. The van der Waals surface area contributed by atoms with Crippen molar-refractivity contribution >= 4 is 0 Å². The van der Waals surface area contributed by atoms with Crippen molar-refractivity contribution in [3.8, 4) is 5.75 Å². The van der Waals surface area contributed by atoms with Crippen molar-refractivity contribution in [1.29, 1.82) is 0 Å². The molecule has 2 N–H and O–H groups in total. The topological polar surface area (TPSA) is 41.5 Å². The van der Waals surface area contributed by atoms with E-state index in [-0.39, 0.29) is 0 Å². The molecular formula is C13H19NO2. The maximum Gasteiger partial charge on any atom is 0.120 e. The minimum absolute atomic E-state index is 0.322. The molecule has 3 heteroatoms. The molecule has 0 aromatic heterocycles. The van der Waals surface area contributed by atoms with Crippen molar-refractivity contribution < 1.29 is 9.84 Å². The van der Waals surface area contributed by atoms with Crippen LogP contribution in [0.3, 0.4) is 0 Å².